The molecule has 11 heteroatoms. The van der Waals surface area contributed by atoms with E-state index in [0.29, 0.717) is 50.4 Å². The van der Waals surface area contributed by atoms with Gasteiger partial charge in [-0.2, -0.15) is 0 Å². The fraction of sp³-hybridized carbons (Fsp3) is 0.865. The van der Waals surface area contributed by atoms with Crippen LogP contribution in [0.4, 0.5) is 0 Å². The van der Waals surface area contributed by atoms with E-state index in [1.54, 1.807) is 0 Å². The highest BCUT2D eigenvalue weighted by Gasteiger charge is 2.16. The summed E-state index contributed by atoms with van der Waals surface area (Å²) in [5.41, 5.74) is 0. The Bertz CT molecular complexity index is 1810. The molecule has 0 spiro atoms. The van der Waals surface area contributed by atoms with Gasteiger partial charge in [-0.15, -0.1) is 0 Å². The number of ether oxygens (including phenoxy) is 4. The van der Waals surface area contributed by atoms with Gasteiger partial charge in [-0.05, 0) is 153 Å². The van der Waals surface area contributed by atoms with Crippen LogP contribution in [0, 0.1) is 11.8 Å². The van der Waals surface area contributed by atoms with Crippen LogP contribution in [0.3, 0.4) is 0 Å². The third-order valence-corrected chi connectivity index (χ3v) is 19.6. The van der Waals surface area contributed by atoms with E-state index in [1.807, 2.05) is 7.11 Å². The molecular formula is C89H168O11. The lowest BCUT2D eigenvalue weighted by Gasteiger charge is -2.16. The zero-order valence-electron chi connectivity index (χ0n) is 67.5. The van der Waals surface area contributed by atoms with Crippen molar-refractivity contribution in [2.75, 3.05) is 20.3 Å². The molecule has 6 unspecified atom stereocenters. The van der Waals surface area contributed by atoms with E-state index >= 15 is 0 Å². The van der Waals surface area contributed by atoms with E-state index in [9.17, 15) is 24.3 Å². The average molecular weight is 1410 g/mol. The predicted octanol–water partition coefficient (Wildman–Crippen LogP) is 26.8. The van der Waals surface area contributed by atoms with Gasteiger partial charge < -0.3 is 34.3 Å². The summed E-state index contributed by atoms with van der Waals surface area (Å²) in [7, 11) is 1.83. The lowest BCUT2D eigenvalue weighted by atomic mass is 10.0. The molecule has 0 aromatic heterocycles. The number of hydrogen-bond donors (Lipinski definition) is 3. The second-order valence-corrected chi connectivity index (χ2v) is 29.3. The van der Waals surface area contributed by atoms with Gasteiger partial charge in [-0.3, -0.25) is 19.2 Å². The Hall–Kier alpha value is -3.28. The molecule has 0 amide bonds. The molecule has 100 heavy (non-hydrogen) atoms. The number of allylic oxidation sites excluding steroid dienone is 4. The highest BCUT2D eigenvalue weighted by atomic mass is 16.5. The van der Waals surface area contributed by atoms with Crippen molar-refractivity contribution >= 4 is 23.9 Å². The molecule has 0 saturated carbocycles. The van der Waals surface area contributed by atoms with Crippen molar-refractivity contribution in [2.24, 2.45) is 11.8 Å². The van der Waals surface area contributed by atoms with Crippen LogP contribution in [-0.2, 0) is 38.1 Å². The van der Waals surface area contributed by atoms with Gasteiger partial charge in [0.15, 0.2) is 0 Å². The lowest BCUT2D eigenvalue weighted by Crippen LogP contribution is -2.17. The number of carboxylic acids is 1. The Morgan fingerprint density at radius 1 is 0.320 bits per heavy atom. The normalized spacial score (nSPS) is 13.5. The number of esters is 3. The van der Waals surface area contributed by atoms with Crippen LogP contribution in [-0.4, -0.2) is 83.9 Å². The van der Waals surface area contributed by atoms with Crippen molar-refractivity contribution < 1.29 is 53.4 Å². The molecule has 0 aromatic carbocycles. The molecule has 0 aromatic rings. The first-order chi connectivity index (χ1) is 48.8. The van der Waals surface area contributed by atoms with Gasteiger partial charge in [0.2, 0.25) is 0 Å². The Balaban J connectivity index is -0.00000168. The van der Waals surface area contributed by atoms with Gasteiger partial charge in [0.25, 0.3) is 0 Å². The number of methoxy groups -OCH3 is 1. The standard InChI is InChI=1S/C44H82O5.C37H68O5.C8H18O/c1-5-9-12-26-33-41(45)34-27-22-18-14-16-21-25-31-38-44(47)49-42(35-28-13-10-6-2)36-29-23-19-15-17-20-24-30-37-43(46)48-39-40(8-4)32-11-7-3;1-4-6-8-22-28-34(41-3)29-24-18-14-11-13-17-21-27-33-37(40)42-35(30-23-9-7-5-2)31-25-19-15-10-12-16-20-26-32-36(38)39;1-3-5-6-8(4-2)7-9/h22-23,27,29,40-42,45H,5-21,24-26,28,30-39H2,1-4H3;18-19,24-25,34-35H,4-17,20-23,26-33H2,1-3H3,(H,38,39);8-9H,3-7H2,1-2H3/b27-22-,29-23-;24-18-,25-19-;. The average Bonchev–Trinajstić information content (AvgIpc) is 2.12. The number of carbonyl (C=O) groups excluding carboxylic acids is 3. The van der Waals surface area contributed by atoms with Gasteiger partial charge in [-0.25, -0.2) is 0 Å². The predicted molar refractivity (Wildman–Crippen MR) is 428 cm³/mol. The Morgan fingerprint density at radius 2 is 0.630 bits per heavy atom. The number of carbonyl (C=O) groups is 4. The first-order valence-corrected chi connectivity index (χ1v) is 43.0. The van der Waals surface area contributed by atoms with Crippen molar-refractivity contribution in [3.05, 3.63) is 48.6 Å². The van der Waals surface area contributed by atoms with Crippen LogP contribution in [0.5, 0.6) is 0 Å². The van der Waals surface area contributed by atoms with Crippen LogP contribution < -0.4 is 0 Å². The van der Waals surface area contributed by atoms with Gasteiger partial charge in [0.05, 0.1) is 18.8 Å². The van der Waals surface area contributed by atoms with E-state index in [1.165, 1.54) is 161 Å². The minimum absolute atomic E-state index is 0.00117. The zero-order valence-corrected chi connectivity index (χ0v) is 67.5. The summed E-state index contributed by atoms with van der Waals surface area (Å²) in [4.78, 5) is 47.8. The van der Waals surface area contributed by atoms with Gasteiger partial charge in [-0.1, -0.05) is 309 Å². The molecule has 3 N–H and O–H groups in total. The first kappa shape index (κ1) is 101. The summed E-state index contributed by atoms with van der Waals surface area (Å²) in [5.74, 6) is 0.286. The Labute approximate surface area is 620 Å². The number of aliphatic carboxylic acids is 1. The van der Waals surface area contributed by atoms with Crippen LogP contribution >= 0.6 is 0 Å². The summed E-state index contributed by atoms with van der Waals surface area (Å²) in [6.07, 6.45) is 82.7. The number of unbranched alkanes of at least 4 members (excludes halogenated alkanes) is 34. The third kappa shape index (κ3) is 80.4. The van der Waals surface area contributed by atoms with E-state index in [0.717, 1.165) is 199 Å². The molecule has 0 saturated heterocycles. The van der Waals surface area contributed by atoms with Crippen molar-refractivity contribution in [1.82, 2.24) is 0 Å². The fourth-order valence-corrected chi connectivity index (χ4v) is 12.4. The Kier molecular flexibility index (Phi) is 85.4. The summed E-state index contributed by atoms with van der Waals surface area (Å²) >= 11 is 0. The lowest BCUT2D eigenvalue weighted by molar-refractivity contribution is -0.150. The maximum absolute atomic E-state index is 12.6. The number of rotatable bonds is 74. The molecule has 0 heterocycles. The number of carboxylic acid groups (broad SMARTS) is 1. The van der Waals surface area contributed by atoms with Gasteiger partial charge in [0, 0.05) is 52.2 Å². The SMILES string of the molecule is CCCCC(CC)CO.CCCCCCC(C/C=C\CCCCCCCC(=O)OC(C/C=C\CCCCCCCC(=O)O)CCCCCC)OC.CCCCCCC(O)C/C=C\CCCCCCCC(=O)OC(C/C=C\CCCCCCCC(=O)OCC(CC)CCCC)CCCCCC. The van der Waals surface area contributed by atoms with Gasteiger partial charge >= 0.3 is 23.9 Å². The molecule has 590 valence electrons. The van der Waals surface area contributed by atoms with E-state index < -0.39 is 5.97 Å². The summed E-state index contributed by atoms with van der Waals surface area (Å²) in [6, 6.07) is 0. The first-order valence-electron chi connectivity index (χ1n) is 43.0. The topological polar surface area (TPSA) is 166 Å². The smallest absolute Gasteiger partial charge is 0.306 e. The minimum atomic E-state index is -0.697. The minimum Gasteiger partial charge on any atom is -0.481 e. The van der Waals surface area contributed by atoms with Crippen molar-refractivity contribution in [2.45, 2.75) is 465 Å². The van der Waals surface area contributed by atoms with Crippen LogP contribution in [0.15, 0.2) is 48.6 Å². The molecule has 0 aliphatic rings. The number of aliphatic hydroxyl groups is 2. The van der Waals surface area contributed by atoms with Crippen molar-refractivity contribution in [3.63, 3.8) is 0 Å². The molecule has 6 atom stereocenters. The van der Waals surface area contributed by atoms with E-state index in [4.69, 9.17) is 29.2 Å². The van der Waals surface area contributed by atoms with Crippen molar-refractivity contribution in [1.29, 1.82) is 0 Å². The molecule has 0 fully saturated rings. The third-order valence-electron chi connectivity index (χ3n) is 19.6. The summed E-state index contributed by atoms with van der Waals surface area (Å²) in [5, 5.41) is 27.5. The molecule has 0 bridgehead atoms. The molecule has 0 radical (unpaired) electrons. The van der Waals surface area contributed by atoms with Gasteiger partial charge in [0.1, 0.15) is 12.2 Å². The van der Waals surface area contributed by atoms with Crippen LogP contribution in [0.25, 0.3) is 0 Å². The largest absolute Gasteiger partial charge is 0.481 e. The van der Waals surface area contributed by atoms with Crippen LogP contribution in [0.2, 0.25) is 0 Å². The number of hydrogen-bond acceptors (Lipinski definition) is 10. The van der Waals surface area contributed by atoms with E-state index in [-0.39, 0.29) is 42.6 Å². The maximum Gasteiger partial charge on any atom is 0.306 e. The summed E-state index contributed by atoms with van der Waals surface area (Å²) in [6.45, 7) is 18.6. The second-order valence-electron chi connectivity index (χ2n) is 29.3. The quantitative estimate of drug-likeness (QED) is 0.0230. The summed E-state index contributed by atoms with van der Waals surface area (Å²) < 4.78 is 23.0. The number of aliphatic hydroxyl groups excluding tert-OH is 2. The van der Waals surface area contributed by atoms with Crippen molar-refractivity contribution in [3.8, 4) is 0 Å². The monoisotopic (exact) mass is 1410 g/mol. The second kappa shape index (κ2) is 84.7. The molecule has 0 aliphatic heterocycles. The molecule has 0 rings (SSSR count). The molecular weight excluding hydrogens is 1240 g/mol. The zero-order chi connectivity index (χ0) is 74.1. The van der Waals surface area contributed by atoms with Crippen LogP contribution in [0.1, 0.15) is 441 Å². The fourth-order valence-electron chi connectivity index (χ4n) is 12.4. The highest BCUT2D eigenvalue weighted by molar-refractivity contribution is 5.70. The molecule has 11 nitrogen and oxygen atoms in total. The van der Waals surface area contributed by atoms with E-state index in [2.05, 4.69) is 104 Å². The maximum atomic E-state index is 12.6. The highest BCUT2D eigenvalue weighted by Crippen LogP contribution is 2.21. The molecule has 0 aliphatic carbocycles. The Morgan fingerprint density at radius 3 is 0.990 bits per heavy atom.